The van der Waals surface area contributed by atoms with Gasteiger partial charge in [-0.2, -0.15) is 0 Å². The molecule has 0 aliphatic rings. The molecule has 2 nitrogen and oxygen atoms in total. The van der Waals surface area contributed by atoms with Crippen molar-refractivity contribution in [2.24, 2.45) is 0 Å². The Bertz CT molecular complexity index is 86.9. The minimum Gasteiger partial charge on any atom is -0.494 e. The number of ether oxygens (including phenoxy) is 2. The van der Waals surface area contributed by atoms with Gasteiger partial charge in [0.1, 0.15) is 5.60 Å². The van der Waals surface area contributed by atoms with Gasteiger partial charge in [0.2, 0.25) is 0 Å². The fraction of sp³-hybridized carbons (Fsp3) is 0.714. The number of hydrogen-bond acceptors (Lipinski definition) is 2. The Morgan fingerprint density at radius 1 is 1.56 bits per heavy atom. The molecule has 0 fully saturated rings. The van der Waals surface area contributed by atoms with Crippen molar-refractivity contribution in [3.8, 4) is 0 Å². The normalized spacial score (nSPS) is 11.0. The molecule has 0 heterocycles. The number of methoxy groups -OCH3 is 1. The van der Waals surface area contributed by atoms with Crippen LogP contribution in [0.3, 0.4) is 0 Å². The van der Waals surface area contributed by atoms with Crippen LogP contribution in [0.2, 0.25) is 0 Å². The Kier molecular flexibility index (Phi) is 3.32. The first-order chi connectivity index (χ1) is 4.12. The van der Waals surface area contributed by atoms with Crippen LogP contribution in [0.5, 0.6) is 0 Å². The van der Waals surface area contributed by atoms with E-state index in [2.05, 4.69) is 6.58 Å². The summed E-state index contributed by atoms with van der Waals surface area (Å²) in [5.41, 5.74) is -0.240. The van der Waals surface area contributed by atoms with Gasteiger partial charge in [-0.15, -0.1) is 0 Å². The molecule has 9 heavy (non-hydrogen) atoms. The molecule has 0 saturated carbocycles. The molecule has 0 saturated heterocycles. The minimum absolute atomic E-state index is 0.240. The van der Waals surface area contributed by atoms with Gasteiger partial charge in [0.05, 0.1) is 12.9 Å². The summed E-state index contributed by atoms with van der Waals surface area (Å²) in [6.07, 6.45) is 1.43. The summed E-state index contributed by atoms with van der Waals surface area (Å²) in [7, 11) is 1.65. The van der Waals surface area contributed by atoms with Gasteiger partial charge >= 0.3 is 0 Å². The highest BCUT2D eigenvalue weighted by Gasteiger charge is 2.16. The summed E-state index contributed by atoms with van der Waals surface area (Å²) in [6.45, 7) is 7.92. The van der Waals surface area contributed by atoms with Gasteiger partial charge in [-0.1, -0.05) is 6.58 Å². The largest absolute Gasteiger partial charge is 0.494 e. The molecule has 2 heteroatoms. The van der Waals surface area contributed by atoms with Crippen molar-refractivity contribution < 1.29 is 9.47 Å². The minimum atomic E-state index is -0.240. The third-order valence-corrected chi connectivity index (χ3v) is 0.894. The van der Waals surface area contributed by atoms with Gasteiger partial charge in [-0.25, -0.2) is 0 Å². The summed E-state index contributed by atoms with van der Waals surface area (Å²) < 4.78 is 10.00. The lowest BCUT2D eigenvalue weighted by Gasteiger charge is -2.22. The van der Waals surface area contributed by atoms with E-state index in [0.29, 0.717) is 6.61 Å². The van der Waals surface area contributed by atoms with E-state index in [0.717, 1.165) is 0 Å². The second-order valence-corrected chi connectivity index (χ2v) is 2.48. The van der Waals surface area contributed by atoms with Gasteiger partial charge < -0.3 is 9.47 Å². The predicted octanol–water partition coefficient (Wildman–Crippen LogP) is 1.57. The molecule has 0 rings (SSSR count). The quantitative estimate of drug-likeness (QED) is 0.538. The van der Waals surface area contributed by atoms with Crippen LogP contribution >= 0.6 is 0 Å². The molecule has 0 atom stereocenters. The molecule has 0 spiro atoms. The predicted molar refractivity (Wildman–Crippen MR) is 37.2 cm³/mol. The van der Waals surface area contributed by atoms with Crippen LogP contribution in [0.4, 0.5) is 0 Å². The molecule has 0 aromatic carbocycles. The second-order valence-electron chi connectivity index (χ2n) is 2.48. The highest BCUT2D eigenvalue weighted by atomic mass is 16.5. The molecule has 0 N–H and O–H groups in total. The Morgan fingerprint density at radius 3 is 2.44 bits per heavy atom. The Hall–Kier alpha value is -0.500. The van der Waals surface area contributed by atoms with Crippen LogP contribution in [0, 0.1) is 0 Å². The first kappa shape index (κ1) is 8.50. The van der Waals surface area contributed by atoms with Crippen molar-refractivity contribution in [2.75, 3.05) is 13.7 Å². The fourth-order valence-electron chi connectivity index (χ4n) is 0.607. The Balaban J connectivity index is 3.55. The van der Waals surface area contributed by atoms with E-state index < -0.39 is 0 Å². The van der Waals surface area contributed by atoms with Gasteiger partial charge in [0.25, 0.3) is 0 Å². The Labute approximate surface area is 56.5 Å². The molecule has 0 aromatic heterocycles. The zero-order chi connectivity index (χ0) is 7.33. The van der Waals surface area contributed by atoms with Crippen molar-refractivity contribution in [1.82, 2.24) is 0 Å². The molecule has 0 aromatic rings. The molecule has 0 aliphatic carbocycles. The fourth-order valence-corrected chi connectivity index (χ4v) is 0.607. The molecule has 0 bridgehead atoms. The van der Waals surface area contributed by atoms with Crippen molar-refractivity contribution in [3.63, 3.8) is 0 Å². The standard InChI is InChI=1S/C7H14O2/c1-5-9-7(2,3)6-8-4/h5H,1,6H2,2-4H3. The van der Waals surface area contributed by atoms with E-state index in [9.17, 15) is 0 Å². The maximum Gasteiger partial charge on any atom is 0.126 e. The monoisotopic (exact) mass is 130 g/mol. The number of rotatable bonds is 4. The van der Waals surface area contributed by atoms with Gasteiger partial charge in [0.15, 0.2) is 0 Å². The molecule has 0 amide bonds. The smallest absolute Gasteiger partial charge is 0.126 e. The van der Waals surface area contributed by atoms with E-state index in [1.165, 1.54) is 6.26 Å². The Morgan fingerprint density at radius 2 is 2.11 bits per heavy atom. The van der Waals surface area contributed by atoms with E-state index in [4.69, 9.17) is 9.47 Å². The SMILES string of the molecule is C=COC(C)(C)COC. The van der Waals surface area contributed by atoms with E-state index in [-0.39, 0.29) is 5.60 Å². The molecular formula is C7H14O2. The highest BCUT2D eigenvalue weighted by molar-refractivity contribution is 4.70. The van der Waals surface area contributed by atoms with Crippen LogP contribution in [0.1, 0.15) is 13.8 Å². The van der Waals surface area contributed by atoms with Crippen LogP contribution in [0.15, 0.2) is 12.8 Å². The summed E-state index contributed by atoms with van der Waals surface area (Å²) >= 11 is 0. The van der Waals surface area contributed by atoms with Crippen LogP contribution in [-0.4, -0.2) is 19.3 Å². The third-order valence-electron chi connectivity index (χ3n) is 0.894. The topological polar surface area (TPSA) is 18.5 Å². The average Bonchev–Trinajstić information content (AvgIpc) is 1.64. The maximum absolute atomic E-state index is 5.11. The van der Waals surface area contributed by atoms with Crippen LogP contribution < -0.4 is 0 Å². The van der Waals surface area contributed by atoms with Crippen LogP contribution in [-0.2, 0) is 9.47 Å². The van der Waals surface area contributed by atoms with Crippen molar-refractivity contribution in [3.05, 3.63) is 12.8 Å². The van der Waals surface area contributed by atoms with Gasteiger partial charge in [0, 0.05) is 7.11 Å². The van der Waals surface area contributed by atoms with E-state index >= 15 is 0 Å². The molecular weight excluding hydrogens is 116 g/mol. The molecule has 0 unspecified atom stereocenters. The summed E-state index contributed by atoms with van der Waals surface area (Å²) in [4.78, 5) is 0. The van der Waals surface area contributed by atoms with Gasteiger partial charge in [-0.05, 0) is 13.8 Å². The van der Waals surface area contributed by atoms with E-state index in [1.54, 1.807) is 7.11 Å². The van der Waals surface area contributed by atoms with Crippen molar-refractivity contribution in [2.45, 2.75) is 19.4 Å². The zero-order valence-electron chi connectivity index (χ0n) is 6.31. The zero-order valence-corrected chi connectivity index (χ0v) is 6.31. The lowest BCUT2D eigenvalue weighted by molar-refractivity contribution is -0.0135. The first-order valence-corrected chi connectivity index (χ1v) is 2.90. The van der Waals surface area contributed by atoms with Crippen molar-refractivity contribution in [1.29, 1.82) is 0 Å². The lowest BCUT2D eigenvalue weighted by atomic mass is 10.1. The first-order valence-electron chi connectivity index (χ1n) is 2.90. The lowest BCUT2D eigenvalue weighted by Crippen LogP contribution is -2.27. The average molecular weight is 130 g/mol. The summed E-state index contributed by atoms with van der Waals surface area (Å²) in [5, 5.41) is 0. The highest BCUT2D eigenvalue weighted by Crippen LogP contribution is 2.08. The molecule has 0 radical (unpaired) electrons. The summed E-state index contributed by atoms with van der Waals surface area (Å²) in [6, 6.07) is 0. The van der Waals surface area contributed by atoms with E-state index in [1.807, 2.05) is 13.8 Å². The number of hydrogen-bond donors (Lipinski definition) is 0. The third kappa shape index (κ3) is 4.03. The molecule has 0 aliphatic heterocycles. The maximum atomic E-state index is 5.11. The second kappa shape index (κ2) is 3.51. The van der Waals surface area contributed by atoms with Crippen LogP contribution in [0.25, 0.3) is 0 Å². The van der Waals surface area contributed by atoms with Gasteiger partial charge in [-0.3, -0.25) is 0 Å². The molecule has 54 valence electrons. The van der Waals surface area contributed by atoms with Crippen molar-refractivity contribution >= 4 is 0 Å². The summed E-state index contributed by atoms with van der Waals surface area (Å²) in [5.74, 6) is 0.